The van der Waals surface area contributed by atoms with Crippen molar-refractivity contribution in [2.24, 2.45) is 17.1 Å². The Balaban J connectivity index is 2.17. The van der Waals surface area contributed by atoms with E-state index >= 15 is 0 Å². The standard InChI is InChI=1S/C24H32N2O4S/c1-24(2,3)22(28)30-16-19(12-17-8-6-5-7-9-17)15-26(23(25)31)14-18-10-11-20(27)21(13-18)29-4/h5-11,13,19,27H,12,14-16H2,1-4H3,(H2,25,31). The summed E-state index contributed by atoms with van der Waals surface area (Å²) in [5.41, 5.74) is 7.50. The number of esters is 1. The smallest absolute Gasteiger partial charge is 0.311 e. The highest BCUT2D eigenvalue weighted by molar-refractivity contribution is 7.80. The molecule has 3 N–H and O–H groups in total. The minimum Gasteiger partial charge on any atom is -0.504 e. The number of methoxy groups -OCH3 is 1. The van der Waals surface area contributed by atoms with Crippen molar-refractivity contribution >= 4 is 23.3 Å². The molecule has 0 saturated carbocycles. The fourth-order valence-electron chi connectivity index (χ4n) is 3.12. The number of nitrogens with two attached hydrogens (primary N) is 1. The average Bonchev–Trinajstić information content (AvgIpc) is 2.72. The van der Waals surface area contributed by atoms with Crippen molar-refractivity contribution < 1.29 is 19.4 Å². The van der Waals surface area contributed by atoms with E-state index in [1.807, 2.05) is 43.9 Å². The lowest BCUT2D eigenvalue weighted by molar-refractivity contribution is -0.154. The van der Waals surface area contributed by atoms with Gasteiger partial charge in [-0.1, -0.05) is 36.4 Å². The normalized spacial score (nSPS) is 12.1. The number of thiocarbonyl (C=S) groups is 1. The van der Waals surface area contributed by atoms with Crippen LogP contribution in [0.1, 0.15) is 31.9 Å². The van der Waals surface area contributed by atoms with Crippen LogP contribution in [0.3, 0.4) is 0 Å². The highest BCUT2D eigenvalue weighted by Crippen LogP contribution is 2.27. The van der Waals surface area contributed by atoms with Gasteiger partial charge >= 0.3 is 5.97 Å². The molecule has 0 saturated heterocycles. The third-order valence-corrected chi connectivity index (χ3v) is 5.10. The SMILES string of the molecule is COc1cc(CN(CC(COC(=O)C(C)(C)C)Cc2ccccc2)C(N)=S)ccc1O. The van der Waals surface area contributed by atoms with Crippen LogP contribution in [0.25, 0.3) is 0 Å². The maximum atomic E-state index is 12.3. The summed E-state index contributed by atoms with van der Waals surface area (Å²) in [7, 11) is 1.50. The molecule has 2 aromatic rings. The number of phenolic OH excluding ortho intramolecular Hbond substituents is 1. The van der Waals surface area contributed by atoms with E-state index < -0.39 is 5.41 Å². The van der Waals surface area contributed by atoms with Gasteiger partial charge in [0.2, 0.25) is 0 Å². The Morgan fingerprint density at radius 1 is 1.16 bits per heavy atom. The first-order chi connectivity index (χ1) is 14.6. The lowest BCUT2D eigenvalue weighted by Crippen LogP contribution is -2.40. The first-order valence-electron chi connectivity index (χ1n) is 10.2. The molecule has 0 aromatic heterocycles. The van der Waals surface area contributed by atoms with Gasteiger partial charge in [0.05, 0.1) is 19.1 Å². The van der Waals surface area contributed by atoms with E-state index in [1.165, 1.54) is 7.11 Å². The molecule has 0 heterocycles. The summed E-state index contributed by atoms with van der Waals surface area (Å²) >= 11 is 5.30. The maximum Gasteiger partial charge on any atom is 0.311 e. The molecule has 0 aliphatic heterocycles. The Bertz CT molecular complexity index is 881. The quantitative estimate of drug-likeness (QED) is 0.448. The summed E-state index contributed by atoms with van der Waals surface area (Å²) in [6, 6.07) is 15.2. The minimum absolute atomic E-state index is 0.00536. The van der Waals surface area contributed by atoms with Crippen LogP contribution in [0.4, 0.5) is 0 Å². The van der Waals surface area contributed by atoms with Crippen LogP contribution in [-0.2, 0) is 22.5 Å². The molecule has 168 valence electrons. The summed E-state index contributed by atoms with van der Waals surface area (Å²) in [4.78, 5) is 14.2. The molecule has 1 atom stereocenters. The number of hydrogen-bond donors (Lipinski definition) is 2. The van der Waals surface area contributed by atoms with Crippen LogP contribution < -0.4 is 10.5 Å². The van der Waals surface area contributed by atoms with Gasteiger partial charge in [-0.2, -0.15) is 0 Å². The molecule has 6 nitrogen and oxygen atoms in total. The lowest BCUT2D eigenvalue weighted by Gasteiger charge is -2.29. The highest BCUT2D eigenvalue weighted by Gasteiger charge is 2.25. The fourth-order valence-corrected chi connectivity index (χ4v) is 3.26. The number of carbonyl (C=O) groups excluding carboxylic acids is 1. The van der Waals surface area contributed by atoms with E-state index in [0.29, 0.717) is 18.8 Å². The average molecular weight is 445 g/mol. The van der Waals surface area contributed by atoms with Crippen molar-refractivity contribution in [2.45, 2.75) is 33.7 Å². The summed E-state index contributed by atoms with van der Waals surface area (Å²) in [6.07, 6.45) is 0.719. The van der Waals surface area contributed by atoms with Crippen molar-refractivity contribution in [1.82, 2.24) is 4.90 Å². The van der Waals surface area contributed by atoms with Gasteiger partial charge in [0.1, 0.15) is 0 Å². The van der Waals surface area contributed by atoms with Crippen molar-refractivity contribution in [3.8, 4) is 11.5 Å². The van der Waals surface area contributed by atoms with Crippen LogP contribution in [0.2, 0.25) is 0 Å². The maximum absolute atomic E-state index is 12.3. The zero-order valence-electron chi connectivity index (χ0n) is 18.6. The summed E-state index contributed by atoms with van der Waals surface area (Å²) < 4.78 is 10.8. The number of nitrogens with zero attached hydrogens (tertiary/aromatic N) is 1. The molecule has 31 heavy (non-hydrogen) atoms. The molecular formula is C24H32N2O4S. The van der Waals surface area contributed by atoms with Crippen LogP contribution >= 0.6 is 12.2 Å². The van der Waals surface area contributed by atoms with Crippen molar-refractivity contribution in [1.29, 1.82) is 0 Å². The third-order valence-electron chi connectivity index (χ3n) is 4.84. The molecule has 0 radical (unpaired) electrons. The molecule has 2 rings (SSSR count). The first-order valence-corrected chi connectivity index (χ1v) is 10.6. The van der Waals surface area contributed by atoms with Gasteiger partial charge in [-0.15, -0.1) is 0 Å². The number of ether oxygens (including phenoxy) is 2. The number of phenols is 1. The molecule has 0 spiro atoms. The van der Waals surface area contributed by atoms with Crippen LogP contribution in [-0.4, -0.2) is 41.3 Å². The zero-order valence-corrected chi connectivity index (χ0v) is 19.4. The molecule has 0 aliphatic rings. The minimum atomic E-state index is -0.567. The fraction of sp³-hybridized carbons (Fsp3) is 0.417. The van der Waals surface area contributed by atoms with E-state index in [-0.39, 0.29) is 29.4 Å². The van der Waals surface area contributed by atoms with Gasteiger partial charge in [-0.3, -0.25) is 4.79 Å². The number of hydrogen-bond acceptors (Lipinski definition) is 5. The topological polar surface area (TPSA) is 85.0 Å². The van der Waals surface area contributed by atoms with Gasteiger partial charge in [0.25, 0.3) is 0 Å². The van der Waals surface area contributed by atoms with Crippen LogP contribution in [0, 0.1) is 11.3 Å². The Hall–Kier alpha value is -2.80. The Labute approximate surface area is 190 Å². The number of benzene rings is 2. The summed E-state index contributed by atoms with van der Waals surface area (Å²) in [5.74, 6) is 0.217. The van der Waals surface area contributed by atoms with E-state index in [4.69, 9.17) is 27.4 Å². The lowest BCUT2D eigenvalue weighted by atomic mass is 9.96. The van der Waals surface area contributed by atoms with E-state index in [0.717, 1.165) is 17.5 Å². The van der Waals surface area contributed by atoms with Crippen LogP contribution in [0.15, 0.2) is 48.5 Å². The predicted octanol–water partition coefficient (Wildman–Crippen LogP) is 3.89. The molecular weight excluding hydrogens is 412 g/mol. The van der Waals surface area contributed by atoms with Gasteiger partial charge in [0.15, 0.2) is 16.6 Å². The van der Waals surface area contributed by atoms with Crippen molar-refractivity contribution in [3.63, 3.8) is 0 Å². The van der Waals surface area contributed by atoms with Gasteiger partial charge in [-0.05, 0) is 62.7 Å². The second-order valence-corrected chi connectivity index (χ2v) is 9.05. The Kier molecular flexibility index (Phi) is 8.68. The molecule has 0 fully saturated rings. The molecule has 0 amide bonds. The third kappa shape index (κ3) is 7.75. The summed E-state index contributed by atoms with van der Waals surface area (Å²) in [5, 5.41) is 10.1. The summed E-state index contributed by atoms with van der Waals surface area (Å²) in [6.45, 7) is 6.74. The Morgan fingerprint density at radius 2 is 1.84 bits per heavy atom. The molecule has 0 aliphatic carbocycles. The zero-order chi connectivity index (χ0) is 23.0. The molecule has 0 bridgehead atoms. The molecule has 1 unspecified atom stereocenters. The largest absolute Gasteiger partial charge is 0.504 e. The monoisotopic (exact) mass is 444 g/mol. The number of rotatable bonds is 9. The molecule has 7 heteroatoms. The van der Waals surface area contributed by atoms with Crippen molar-refractivity contribution in [3.05, 3.63) is 59.7 Å². The van der Waals surface area contributed by atoms with E-state index in [1.54, 1.807) is 18.2 Å². The van der Waals surface area contributed by atoms with Crippen molar-refractivity contribution in [2.75, 3.05) is 20.3 Å². The van der Waals surface area contributed by atoms with E-state index in [9.17, 15) is 9.90 Å². The highest BCUT2D eigenvalue weighted by atomic mass is 32.1. The van der Waals surface area contributed by atoms with Crippen LogP contribution in [0.5, 0.6) is 11.5 Å². The first kappa shape index (κ1) is 24.5. The van der Waals surface area contributed by atoms with E-state index in [2.05, 4.69) is 12.1 Å². The second kappa shape index (κ2) is 11.0. The van der Waals surface area contributed by atoms with Gasteiger partial charge in [0, 0.05) is 19.0 Å². The van der Waals surface area contributed by atoms with Gasteiger partial charge < -0.3 is 25.2 Å². The molecule has 2 aromatic carbocycles. The Morgan fingerprint density at radius 3 is 2.42 bits per heavy atom. The second-order valence-electron chi connectivity index (χ2n) is 8.63. The van der Waals surface area contributed by atoms with Gasteiger partial charge in [-0.25, -0.2) is 0 Å². The number of carbonyl (C=O) groups is 1. The predicted molar refractivity (Wildman–Crippen MR) is 126 cm³/mol. The number of aromatic hydroxyl groups is 1.